The second kappa shape index (κ2) is 17.6. The van der Waals surface area contributed by atoms with Crippen molar-refractivity contribution in [3.05, 3.63) is 10.4 Å². The van der Waals surface area contributed by atoms with Crippen LogP contribution in [-0.2, 0) is 33.3 Å². The first-order valence-corrected chi connectivity index (χ1v) is 17.7. The largest absolute Gasteiger partial charge is 0.458 e. The number of unbranched alkanes of at least 4 members (excludes halogenated alkanes) is 1. The fraction of sp³-hybridized carbons (Fsp3) is 0.912. The minimum Gasteiger partial charge on any atom is -0.458 e. The van der Waals surface area contributed by atoms with Crippen molar-refractivity contribution in [1.29, 1.82) is 0 Å². The second-order valence-electron chi connectivity index (χ2n) is 14.8. The van der Waals surface area contributed by atoms with E-state index < -0.39 is 72.0 Å². The van der Waals surface area contributed by atoms with Crippen LogP contribution < -0.4 is 5.32 Å². The van der Waals surface area contributed by atoms with Crippen molar-refractivity contribution in [3.63, 3.8) is 0 Å². The highest BCUT2D eigenvalue weighted by Gasteiger charge is 2.58. The smallest absolute Gasteiger partial charge is 0.410 e. The van der Waals surface area contributed by atoms with Crippen LogP contribution in [0.4, 0.5) is 4.79 Å². The summed E-state index contributed by atoms with van der Waals surface area (Å²) in [5.41, 5.74) is 6.40. The normalized spacial score (nSPS) is 39.8. The van der Waals surface area contributed by atoms with Gasteiger partial charge in [-0.25, -0.2) is 4.79 Å². The molecule has 3 unspecified atom stereocenters. The predicted molar refractivity (Wildman–Crippen MR) is 182 cm³/mol. The van der Waals surface area contributed by atoms with Crippen molar-refractivity contribution in [1.82, 2.24) is 15.1 Å². The van der Waals surface area contributed by atoms with Crippen LogP contribution in [0.3, 0.4) is 0 Å². The maximum absolute atomic E-state index is 13.9. The first kappa shape index (κ1) is 40.9. The zero-order valence-electron chi connectivity index (χ0n) is 31.1. The standard InChI is InChI=1S/C34H60N6O9/c1-11-26-34(7)29(40(32(44)49-34)15-13-12-14-37-38-35)23(5)36-19-20(2)18-33(6,45-10)30(22(4)25(41)17-27(42)47-26)48-31-28(43)24(39(8)9)16-21(3)46-31/h20-24,26,28-31,36,43H,11-19H2,1-10H3/t20-,21?,22+,23-,24?,26-,28?,29-,30-,31+,33-,34-/m1/s1. The van der Waals surface area contributed by atoms with Crippen LogP contribution in [0.5, 0.6) is 0 Å². The number of amides is 1. The van der Waals surface area contributed by atoms with E-state index in [-0.39, 0.29) is 24.1 Å². The quantitative estimate of drug-likeness (QED) is 0.0845. The molecule has 3 rings (SSSR count). The molecule has 0 aromatic heterocycles. The topological polar surface area (TPSA) is 185 Å². The molecule has 3 heterocycles. The number of azide groups is 1. The van der Waals surface area contributed by atoms with Crippen molar-refractivity contribution >= 4 is 17.8 Å². The SMILES string of the molecule is CC[C@H]1OC(=O)CC(=O)[C@H](C)[C@@H](O[C@@H]2OC(C)CC(N(C)C)C2O)[C@](C)(OC)C[C@@H](C)CN[C@H](C)[C@H]2N(CCCCN=[N+]=[N-])C(=O)O[C@]12C. The number of aliphatic hydroxyl groups is 1. The molecule has 1 amide bonds. The van der Waals surface area contributed by atoms with Crippen molar-refractivity contribution in [2.45, 2.75) is 147 Å². The monoisotopic (exact) mass is 696 g/mol. The van der Waals surface area contributed by atoms with Gasteiger partial charge < -0.3 is 39.0 Å². The maximum atomic E-state index is 13.9. The Morgan fingerprint density at radius 2 is 1.86 bits per heavy atom. The molecular formula is C34H60N6O9. The molecule has 12 atom stereocenters. The molecule has 0 bridgehead atoms. The molecule has 3 saturated heterocycles. The van der Waals surface area contributed by atoms with Crippen molar-refractivity contribution in [3.8, 4) is 0 Å². The highest BCUT2D eigenvalue weighted by molar-refractivity contribution is 5.97. The van der Waals surface area contributed by atoms with Crippen LogP contribution in [0, 0.1) is 11.8 Å². The molecule has 0 aliphatic carbocycles. The number of nitrogens with one attached hydrogen (secondary N) is 1. The van der Waals surface area contributed by atoms with Gasteiger partial charge in [-0.15, -0.1) is 0 Å². The van der Waals surface area contributed by atoms with E-state index in [1.54, 1.807) is 25.9 Å². The number of cyclic esters (lactones) is 1. The number of fused-ring (bicyclic) bond motifs is 1. The van der Waals surface area contributed by atoms with Gasteiger partial charge in [0.1, 0.15) is 24.4 Å². The van der Waals surface area contributed by atoms with Gasteiger partial charge in [-0.05, 0) is 91.9 Å². The minimum atomic E-state index is -1.21. The zero-order chi connectivity index (χ0) is 36.7. The maximum Gasteiger partial charge on any atom is 0.410 e. The molecule has 2 N–H and O–H groups in total. The van der Waals surface area contributed by atoms with Gasteiger partial charge in [0, 0.05) is 43.1 Å². The Morgan fingerprint density at radius 1 is 1.16 bits per heavy atom. The van der Waals surface area contributed by atoms with Crippen LogP contribution >= 0.6 is 0 Å². The van der Waals surface area contributed by atoms with E-state index >= 15 is 0 Å². The van der Waals surface area contributed by atoms with Gasteiger partial charge in [-0.2, -0.15) is 0 Å². The van der Waals surface area contributed by atoms with E-state index in [1.807, 2.05) is 46.7 Å². The van der Waals surface area contributed by atoms with Gasteiger partial charge in [0.2, 0.25) is 0 Å². The van der Waals surface area contributed by atoms with Crippen molar-refractivity contribution < 1.29 is 43.2 Å². The average Bonchev–Trinajstić information content (AvgIpc) is 3.30. The summed E-state index contributed by atoms with van der Waals surface area (Å²) < 4.78 is 30.8. The third-order valence-corrected chi connectivity index (χ3v) is 10.6. The summed E-state index contributed by atoms with van der Waals surface area (Å²) in [4.78, 5) is 47.1. The average molecular weight is 697 g/mol. The Morgan fingerprint density at radius 3 is 2.47 bits per heavy atom. The van der Waals surface area contributed by atoms with Crippen LogP contribution in [0.15, 0.2) is 5.11 Å². The second-order valence-corrected chi connectivity index (χ2v) is 14.8. The molecular weight excluding hydrogens is 636 g/mol. The van der Waals surface area contributed by atoms with E-state index in [2.05, 4.69) is 22.3 Å². The van der Waals surface area contributed by atoms with Crippen molar-refractivity contribution in [2.24, 2.45) is 17.0 Å². The summed E-state index contributed by atoms with van der Waals surface area (Å²) in [5, 5.41) is 18.5. The van der Waals surface area contributed by atoms with E-state index in [0.29, 0.717) is 51.7 Å². The fourth-order valence-electron chi connectivity index (χ4n) is 7.94. The van der Waals surface area contributed by atoms with Gasteiger partial charge >= 0.3 is 12.1 Å². The molecule has 3 fully saturated rings. The summed E-state index contributed by atoms with van der Waals surface area (Å²) in [6.45, 7) is 14.4. The van der Waals surface area contributed by atoms with Gasteiger partial charge in [0.25, 0.3) is 0 Å². The number of carbonyl (C=O) groups excluding carboxylic acids is 3. The summed E-state index contributed by atoms with van der Waals surface area (Å²) in [7, 11) is 5.36. The highest BCUT2D eigenvalue weighted by Crippen LogP contribution is 2.39. The number of nitrogens with zero attached hydrogens (tertiary/aromatic N) is 5. The summed E-state index contributed by atoms with van der Waals surface area (Å²) >= 11 is 0. The fourth-order valence-corrected chi connectivity index (χ4v) is 7.94. The number of ketones is 1. The van der Waals surface area contributed by atoms with Gasteiger partial charge in [0.05, 0.1) is 23.9 Å². The lowest BCUT2D eigenvalue weighted by atomic mass is 9.80. The molecule has 15 nitrogen and oxygen atoms in total. The third kappa shape index (κ3) is 9.63. The summed E-state index contributed by atoms with van der Waals surface area (Å²) in [6.07, 6.45) is -2.34. The lowest BCUT2D eigenvalue weighted by molar-refractivity contribution is -0.295. The molecule has 0 radical (unpaired) electrons. The van der Waals surface area contributed by atoms with Crippen LogP contribution in [-0.4, -0.2) is 134 Å². The predicted octanol–water partition coefficient (Wildman–Crippen LogP) is 3.81. The van der Waals surface area contributed by atoms with E-state index in [0.717, 1.165) is 0 Å². The Kier molecular flexibility index (Phi) is 14.7. The van der Waals surface area contributed by atoms with E-state index in [9.17, 15) is 19.5 Å². The number of hydrogen-bond donors (Lipinski definition) is 2. The number of hydrogen-bond acceptors (Lipinski definition) is 12. The van der Waals surface area contributed by atoms with E-state index in [4.69, 9.17) is 29.2 Å². The highest BCUT2D eigenvalue weighted by atomic mass is 16.7. The van der Waals surface area contributed by atoms with Gasteiger partial charge in [0.15, 0.2) is 11.9 Å². The van der Waals surface area contributed by atoms with Crippen LogP contribution in [0.25, 0.3) is 10.4 Å². The Hall–Kier alpha value is -2.52. The molecule has 3 aliphatic rings. The minimum absolute atomic E-state index is 0.00185. The van der Waals surface area contributed by atoms with Crippen LogP contribution in [0.1, 0.15) is 87.0 Å². The summed E-state index contributed by atoms with van der Waals surface area (Å²) in [6, 6.07) is -1.02. The first-order valence-electron chi connectivity index (χ1n) is 17.7. The van der Waals surface area contributed by atoms with Crippen LogP contribution in [0.2, 0.25) is 0 Å². The van der Waals surface area contributed by atoms with Gasteiger partial charge in [-0.1, -0.05) is 25.9 Å². The lowest BCUT2D eigenvalue weighted by Crippen LogP contribution is -2.60. The number of rotatable bonds is 10. The zero-order valence-corrected chi connectivity index (χ0v) is 31.1. The molecule has 49 heavy (non-hydrogen) atoms. The lowest BCUT2D eigenvalue weighted by Gasteiger charge is -2.46. The number of esters is 1. The van der Waals surface area contributed by atoms with E-state index in [1.165, 1.54) is 0 Å². The van der Waals surface area contributed by atoms with Gasteiger partial charge in [-0.3, -0.25) is 14.5 Å². The number of likely N-dealkylation sites (N-methyl/N-ethyl adjacent to an activating group) is 1. The summed E-state index contributed by atoms with van der Waals surface area (Å²) in [5.74, 6) is -1.97. The first-order chi connectivity index (χ1) is 23.0. The molecule has 0 aromatic rings. The Bertz CT molecular complexity index is 1190. The number of methoxy groups -OCH3 is 1. The number of carbonyl (C=O) groups is 3. The molecule has 3 aliphatic heterocycles. The molecule has 0 aromatic carbocycles. The number of ether oxygens (including phenoxy) is 5. The molecule has 15 heteroatoms. The number of Topliss-reactive ketones (excluding diaryl/α,β-unsaturated/α-hetero) is 1. The molecule has 0 saturated carbocycles. The Labute approximate surface area is 291 Å². The Balaban J connectivity index is 1.98. The third-order valence-electron chi connectivity index (χ3n) is 10.6. The van der Waals surface area contributed by atoms with Crippen molar-refractivity contribution in [2.75, 3.05) is 40.8 Å². The molecule has 0 spiro atoms. The number of aliphatic hydroxyl groups excluding tert-OH is 1. The molecule has 280 valence electrons.